The van der Waals surface area contributed by atoms with Crippen LogP contribution in [0.15, 0.2) is 29.2 Å². The Hall–Kier alpha value is -1.85. The van der Waals surface area contributed by atoms with Crippen LogP contribution in [-0.4, -0.2) is 15.5 Å². The molecule has 2 aromatic rings. The molecule has 0 bridgehead atoms. The lowest BCUT2D eigenvalue weighted by Gasteiger charge is -2.16. The van der Waals surface area contributed by atoms with E-state index in [4.69, 9.17) is 4.74 Å². The van der Waals surface area contributed by atoms with Crippen LogP contribution < -0.4 is 9.46 Å². The molecule has 0 aliphatic rings. The first-order valence-electron chi connectivity index (χ1n) is 7.87. The van der Waals surface area contributed by atoms with Gasteiger partial charge in [-0.25, -0.2) is 13.1 Å². The van der Waals surface area contributed by atoms with Crippen molar-refractivity contribution in [3.8, 4) is 5.75 Å². The molecule has 0 saturated carbocycles. The average Bonchev–Trinajstić information content (AvgIpc) is 2.44. The first-order chi connectivity index (χ1) is 11.2. The van der Waals surface area contributed by atoms with Crippen molar-refractivity contribution in [2.45, 2.75) is 46.1 Å². The summed E-state index contributed by atoms with van der Waals surface area (Å²) in [5.41, 5.74) is 5.58. The number of sulfonamides is 1. The normalized spacial score (nSPS) is 11.6. The molecular formula is C19H25NO3S. The average molecular weight is 347 g/mol. The van der Waals surface area contributed by atoms with Crippen LogP contribution in [-0.2, 0) is 16.6 Å². The van der Waals surface area contributed by atoms with Crippen LogP contribution in [0.1, 0.15) is 33.4 Å². The molecule has 0 amide bonds. The zero-order valence-corrected chi connectivity index (χ0v) is 16.0. The minimum atomic E-state index is -3.57. The summed E-state index contributed by atoms with van der Waals surface area (Å²) < 4.78 is 33.5. The van der Waals surface area contributed by atoms with E-state index >= 15 is 0 Å². The second-order valence-electron chi connectivity index (χ2n) is 6.29. The lowest BCUT2D eigenvalue weighted by molar-refractivity contribution is 0.414. The molecule has 0 spiro atoms. The number of methoxy groups -OCH3 is 1. The van der Waals surface area contributed by atoms with E-state index in [9.17, 15) is 8.42 Å². The van der Waals surface area contributed by atoms with Gasteiger partial charge >= 0.3 is 0 Å². The second kappa shape index (κ2) is 6.95. The van der Waals surface area contributed by atoms with E-state index in [2.05, 4.69) is 4.72 Å². The molecule has 2 rings (SSSR count). The van der Waals surface area contributed by atoms with E-state index < -0.39 is 10.0 Å². The molecule has 0 fully saturated rings. The van der Waals surface area contributed by atoms with Crippen LogP contribution in [0.4, 0.5) is 0 Å². The lowest BCUT2D eigenvalue weighted by atomic mass is 10.0. The summed E-state index contributed by atoms with van der Waals surface area (Å²) in [6.45, 7) is 9.81. The standard InChI is InChI=1S/C19H25NO3S/c1-12-7-15(4)19(16(5)8-12)24(21,22)20-11-18-13(2)9-17(23-6)10-14(18)3/h7-10,20H,11H2,1-6H3. The van der Waals surface area contributed by atoms with Crippen molar-refractivity contribution in [3.05, 3.63) is 57.6 Å². The van der Waals surface area contributed by atoms with Crippen LogP contribution >= 0.6 is 0 Å². The van der Waals surface area contributed by atoms with Gasteiger partial charge < -0.3 is 4.74 Å². The Morgan fingerprint density at radius 3 is 1.83 bits per heavy atom. The Balaban J connectivity index is 2.33. The molecule has 5 heteroatoms. The van der Waals surface area contributed by atoms with Gasteiger partial charge in [0, 0.05) is 6.54 Å². The summed E-state index contributed by atoms with van der Waals surface area (Å²) in [6, 6.07) is 7.62. The monoisotopic (exact) mass is 347 g/mol. The molecule has 0 aromatic heterocycles. The predicted molar refractivity (Wildman–Crippen MR) is 97.1 cm³/mol. The molecule has 0 atom stereocenters. The molecule has 4 nitrogen and oxygen atoms in total. The van der Waals surface area contributed by atoms with Gasteiger partial charge in [-0.2, -0.15) is 0 Å². The van der Waals surface area contributed by atoms with Gasteiger partial charge in [0.15, 0.2) is 0 Å². The third kappa shape index (κ3) is 3.79. The van der Waals surface area contributed by atoms with E-state index in [0.717, 1.165) is 39.1 Å². The zero-order valence-electron chi connectivity index (χ0n) is 15.1. The van der Waals surface area contributed by atoms with Crippen LogP contribution in [0.2, 0.25) is 0 Å². The van der Waals surface area contributed by atoms with Crippen molar-refractivity contribution in [1.29, 1.82) is 0 Å². The van der Waals surface area contributed by atoms with Gasteiger partial charge in [-0.05, 0) is 74.6 Å². The van der Waals surface area contributed by atoms with Gasteiger partial charge in [0.1, 0.15) is 5.75 Å². The number of hydrogen-bond donors (Lipinski definition) is 1. The molecule has 0 heterocycles. The molecule has 0 unspecified atom stereocenters. The van der Waals surface area contributed by atoms with Gasteiger partial charge in [0.25, 0.3) is 0 Å². The van der Waals surface area contributed by atoms with Gasteiger partial charge in [-0.3, -0.25) is 0 Å². The lowest BCUT2D eigenvalue weighted by Crippen LogP contribution is -2.25. The number of aryl methyl sites for hydroxylation is 5. The van der Waals surface area contributed by atoms with Crippen molar-refractivity contribution in [2.24, 2.45) is 0 Å². The fraction of sp³-hybridized carbons (Fsp3) is 0.368. The molecule has 0 aliphatic carbocycles. The molecule has 2 aromatic carbocycles. The molecule has 130 valence electrons. The molecule has 0 saturated heterocycles. The molecule has 0 aliphatic heterocycles. The highest BCUT2D eigenvalue weighted by atomic mass is 32.2. The molecule has 24 heavy (non-hydrogen) atoms. The summed E-state index contributed by atoms with van der Waals surface area (Å²) in [5.74, 6) is 0.779. The van der Waals surface area contributed by atoms with E-state index in [0.29, 0.717) is 4.90 Å². The van der Waals surface area contributed by atoms with Gasteiger partial charge in [0.2, 0.25) is 10.0 Å². The molecule has 1 N–H and O–H groups in total. The minimum absolute atomic E-state index is 0.261. The molecule has 0 radical (unpaired) electrons. The van der Waals surface area contributed by atoms with E-state index in [1.165, 1.54) is 0 Å². The summed E-state index contributed by atoms with van der Waals surface area (Å²) in [5, 5.41) is 0. The van der Waals surface area contributed by atoms with Crippen molar-refractivity contribution in [1.82, 2.24) is 4.72 Å². The van der Waals surface area contributed by atoms with E-state index in [-0.39, 0.29) is 6.54 Å². The maximum atomic E-state index is 12.8. The largest absolute Gasteiger partial charge is 0.497 e. The Labute approximate surface area is 144 Å². The van der Waals surface area contributed by atoms with Gasteiger partial charge in [-0.1, -0.05) is 17.7 Å². The maximum Gasteiger partial charge on any atom is 0.241 e. The van der Waals surface area contributed by atoms with Gasteiger partial charge in [-0.15, -0.1) is 0 Å². The number of rotatable bonds is 5. The van der Waals surface area contributed by atoms with E-state index in [1.807, 2.05) is 58.9 Å². The fourth-order valence-electron chi connectivity index (χ4n) is 3.18. The topological polar surface area (TPSA) is 55.4 Å². The van der Waals surface area contributed by atoms with Crippen LogP contribution in [0.3, 0.4) is 0 Å². The quantitative estimate of drug-likeness (QED) is 0.897. The van der Waals surface area contributed by atoms with Crippen molar-refractivity contribution in [2.75, 3.05) is 7.11 Å². The fourth-order valence-corrected chi connectivity index (χ4v) is 4.62. The second-order valence-corrected chi connectivity index (χ2v) is 8.00. The molecular weight excluding hydrogens is 322 g/mol. The summed E-state index contributed by atoms with van der Waals surface area (Å²) in [6.07, 6.45) is 0. The number of benzene rings is 2. The van der Waals surface area contributed by atoms with Crippen LogP contribution in [0, 0.1) is 34.6 Å². The smallest absolute Gasteiger partial charge is 0.241 e. The number of ether oxygens (including phenoxy) is 1. The summed E-state index contributed by atoms with van der Waals surface area (Å²) in [7, 11) is -1.94. The number of nitrogens with one attached hydrogen (secondary N) is 1. The Kier molecular flexibility index (Phi) is 5.35. The van der Waals surface area contributed by atoms with Crippen molar-refractivity contribution >= 4 is 10.0 Å². The summed E-state index contributed by atoms with van der Waals surface area (Å²) in [4.78, 5) is 0.372. The van der Waals surface area contributed by atoms with Crippen molar-refractivity contribution < 1.29 is 13.2 Å². The Morgan fingerprint density at radius 1 is 0.875 bits per heavy atom. The highest BCUT2D eigenvalue weighted by Crippen LogP contribution is 2.24. The highest BCUT2D eigenvalue weighted by Gasteiger charge is 2.20. The highest BCUT2D eigenvalue weighted by molar-refractivity contribution is 7.89. The zero-order chi connectivity index (χ0) is 18.1. The van der Waals surface area contributed by atoms with Crippen LogP contribution in [0.5, 0.6) is 5.75 Å². The SMILES string of the molecule is COc1cc(C)c(CNS(=O)(=O)c2c(C)cc(C)cc2C)c(C)c1. The Morgan fingerprint density at radius 2 is 1.38 bits per heavy atom. The van der Waals surface area contributed by atoms with E-state index in [1.54, 1.807) is 7.11 Å². The third-order valence-corrected chi connectivity index (χ3v) is 5.92. The van der Waals surface area contributed by atoms with Crippen molar-refractivity contribution in [3.63, 3.8) is 0 Å². The summed E-state index contributed by atoms with van der Waals surface area (Å²) >= 11 is 0. The number of hydrogen-bond acceptors (Lipinski definition) is 3. The first kappa shape index (κ1) is 18.5. The predicted octanol–water partition coefficient (Wildman–Crippen LogP) is 3.72. The van der Waals surface area contributed by atoms with Gasteiger partial charge in [0.05, 0.1) is 12.0 Å². The third-order valence-electron chi connectivity index (χ3n) is 4.22. The Bertz CT molecular complexity index is 824. The minimum Gasteiger partial charge on any atom is -0.497 e. The van der Waals surface area contributed by atoms with Crippen LogP contribution in [0.25, 0.3) is 0 Å². The maximum absolute atomic E-state index is 12.8. The first-order valence-corrected chi connectivity index (χ1v) is 9.35.